The highest BCUT2D eigenvalue weighted by Gasteiger charge is 2.08. The van der Waals surface area contributed by atoms with E-state index >= 15 is 0 Å². The quantitative estimate of drug-likeness (QED) is 0.591. The second-order valence-electron chi connectivity index (χ2n) is 4.64. The molecule has 0 amide bonds. The van der Waals surface area contributed by atoms with Crippen LogP contribution in [-0.2, 0) is 0 Å². The van der Waals surface area contributed by atoms with Gasteiger partial charge in [-0.2, -0.15) is 5.26 Å². The van der Waals surface area contributed by atoms with Gasteiger partial charge < -0.3 is 0 Å². The van der Waals surface area contributed by atoms with Crippen molar-refractivity contribution in [3.8, 4) is 6.07 Å². The molecule has 0 saturated heterocycles. The van der Waals surface area contributed by atoms with Crippen LogP contribution in [0, 0.1) is 11.3 Å². The van der Waals surface area contributed by atoms with Gasteiger partial charge in [-0.05, 0) is 36.8 Å². The van der Waals surface area contributed by atoms with Gasteiger partial charge in [0.15, 0.2) is 0 Å². The van der Waals surface area contributed by atoms with E-state index in [2.05, 4.69) is 44.2 Å². The van der Waals surface area contributed by atoms with Gasteiger partial charge in [0.25, 0.3) is 0 Å². The Hall–Kier alpha value is -1.55. The molecule has 0 unspecified atom stereocenters. The normalized spacial score (nSPS) is 11.8. The summed E-state index contributed by atoms with van der Waals surface area (Å²) in [6, 6.07) is 12.8. The van der Waals surface area contributed by atoms with Crippen molar-refractivity contribution in [2.75, 3.05) is 0 Å². The lowest BCUT2D eigenvalue weighted by molar-refractivity contribution is 0.787. The van der Waals surface area contributed by atoms with E-state index in [4.69, 9.17) is 0 Å². The van der Waals surface area contributed by atoms with Crippen molar-refractivity contribution in [1.82, 2.24) is 0 Å². The molecule has 0 saturated carbocycles. The van der Waals surface area contributed by atoms with E-state index in [9.17, 15) is 5.26 Å². The molecule has 0 N–H and O–H groups in total. The summed E-state index contributed by atoms with van der Waals surface area (Å²) in [5, 5.41) is 9.38. The minimum absolute atomic E-state index is 0.918. The third-order valence-corrected chi connectivity index (χ3v) is 3.18. The summed E-state index contributed by atoms with van der Waals surface area (Å²) < 4.78 is 0. The third-order valence-electron chi connectivity index (χ3n) is 3.18. The highest BCUT2D eigenvalue weighted by atomic mass is 14.3. The zero-order chi connectivity index (χ0) is 13.2. The number of nitrogens with zero attached hydrogens (tertiary/aromatic N) is 1. The van der Waals surface area contributed by atoms with Crippen molar-refractivity contribution in [2.45, 2.75) is 52.4 Å². The van der Waals surface area contributed by atoms with Crippen LogP contribution < -0.4 is 0 Å². The Kier molecular flexibility index (Phi) is 6.87. The zero-order valence-corrected chi connectivity index (χ0v) is 11.6. The lowest BCUT2D eigenvalue weighted by Gasteiger charge is -2.10. The Bertz CT molecular complexity index is 409. The maximum absolute atomic E-state index is 9.38. The number of nitriles is 1. The van der Waals surface area contributed by atoms with Gasteiger partial charge in [0.2, 0.25) is 0 Å². The molecule has 1 aromatic carbocycles. The standard InChI is InChI=1S/C17H23N/c1-3-5-10-16(14-18)17(13-6-4-2)15-11-8-7-9-12-15/h7-9,11-12H,3-6,10,13H2,1-2H3/b17-16-. The maximum Gasteiger partial charge on any atom is 0.0950 e. The minimum Gasteiger partial charge on any atom is -0.193 e. The van der Waals surface area contributed by atoms with Crippen molar-refractivity contribution in [3.63, 3.8) is 0 Å². The second kappa shape index (κ2) is 8.53. The summed E-state index contributed by atoms with van der Waals surface area (Å²) >= 11 is 0. The lowest BCUT2D eigenvalue weighted by atomic mass is 9.93. The molecule has 18 heavy (non-hydrogen) atoms. The van der Waals surface area contributed by atoms with Crippen LogP contribution in [0.15, 0.2) is 35.9 Å². The molecular weight excluding hydrogens is 218 g/mol. The van der Waals surface area contributed by atoms with E-state index in [0.717, 1.165) is 37.7 Å². The van der Waals surface area contributed by atoms with Gasteiger partial charge in [0, 0.05) is 5.57 Å². The topological polar surface area (TPSA) is 23.8 Å². The van der Waals surface area contributed by atoms with Crippen LogP contribution >= 0.6 is 0 Å². The van der Waals surface area contributed by atoms with Gasteiger partial charge in [-0.15, -0.1) is 0 Å². The predicted octanol–water partition coefficient (Wildman–Crippen LogP) is 5.34. The van der Waals surface area contributed by atoms with E-state index in [1.807, 2.05) is 6.07 Å². The molecule has 1 heteroatoms. The van der Waals surface area contributed by atoms with Crippen molar-refractivity contribution in [2.24, 2.45) is 0 Å². The smallest absolute Gasteiger partial charge is 0.0950 e. The molecule has 0 aliphatic carbocycles. The molecule has 0 aromatic heterocycles. The first kappa shape index (κ1) is 14.5. The first-order valence-corrected chi connectivity index (χ1v) is 7.01. The van der Waals surface area contributed by atoms with Gasteiger partial charge in [-0.1, -0.05) is 57.0 Å². The van der Waals surface area contributed by atoms with Crippen molar-refractivity contribution in [3.05, 3.63) is 41.5 Å². The SMILES string of the molecule is CCCC/C(C#N)=C(\CCCC)c1ccccc1. The predicted molar refractivity (Wildman–Crippen MR) is 78.0 cm³/mol. The van der Waals surface area contributed by atoms with Gasteiger partial charge in [-0.3, -0.25) is 0 Å². The fourth-order valence-electron chi connectivity index (χ4n) is 2.09. The fourth-order valence-corrected chi connectivity index (χ4v) is 2.09. The molecule has 1 nitrogen and oxygen atoms in total. The van der Waals surface area contributed by atoms with E-state index < -0.39 is 0 Å². The Balaban J connectivity index is 3.02. The fraction of sp³-hybridized carbons (Fsp3) is 0.471. The molecule has 0 heterocycles. The first-order chi connectivity index (χ1) is 8.83. The molecule has 0 aliphatic heterocycles. The Labute approximate surface area is 111 Å². The molecule has 0 spiro atoms. The van der Waals surface area contributed by atoms with Gasteiger partial charge in [-0.25, -0.2) is 0 Å². The van der Waals surface area contributed by atoms with E-state index in [1.54, 1.807) is 0 Å². The number of allylic oxidation sites excluding steroid dienone is 2. The summed E-state index contributed by atoms with van der Waals surface area (Å²) in [6.07, 6.45) is 6.50. The van der Waals surface area contributed by atoms with Crippen LogP contribution in [0.1, 0.15) is 57.9 Å². The second-order valence-corrected chi connectivity index (χ2v) is 4.64. The number of rotatable bonds is 7. The molecule has 0 bridgehead atoms. The Morgan fingerprint density at radius 1 is 1.00 bits per heavy atom. The first-order valence-electron chi connectivity index (χ1n) is 7.01. The van der Waals surface area contributed by atoms with Gasteiger partial charge in [0.05, 0.1) is 6.07 Å². The molecule has 0 aliphatic rings. The third kappa shape index (κ3) is 4.37. The van der Waals surface area contributed by atoms with Crippen LogP contribution in [0.3, 0.4) is 0 Å². The van der Waals surface area contributed by atoms with Crippen LogP contribution in [0.4, 0.5) is 0 Å². The molecule has 1 aromatic rings. The highest BCUT2D eigenvalue weighted by Crippen LogP contribution is 2.27. The summed E-state index contributed by atoms with van der Waals surface area (Å²) in [7, 11) is 0. The van der Waals surface area contributed by atoms with Crippen molar-refractivity contribution < 1.29 is 0 Å². The maximum atomic E-state index is 9.38. The molecule has 0 radical (unpaired) electrons. The molecular formula is C17H23N. The average molecular weight is 241 g/mol. The van der Waals surface area contributed by atoms with Crippen LogP contribution in [0.25, 0.3) is 5.57 Å². The minimum atomic E-state index is 0.918. The van der Waals surface area contributed by atoms with Crippen LogP contribution in [-0.4, -0.2) is 0 Å². The van der Waals surface area contributed by atoms with E-state index in [1.165, 1.54) is 17.6 Å². The zero-order valence-electron chi connectivity index (χ0n) is 11.6. The Morgan fingerprint density at radius 2 is 1.61 bits per heavy atom. The molecule has 0 fully saturated rings. The molecule has 1 rings (SSSR count). The number of hydrogen-bond donors (Lipinski definition) is 0. The van der Waals surface area contributed by atoms with E-state index in [-0.39, 0.29) is 0 Å². The molecule has 0 atom stereocenters. The van der Waals surface area contributed by atoms with Crippen LogP contribution in [0.5, 0.6) is 0 Å². The van der Waals surface area contributed by atoms with E-state index in [0.29, 0.717) is 0 Å². The number of hydrogen-bond acceptors (Lipinski definition) is 1. The summed E-state index contributed by atoms with van der Waals surface area (Å²) in [6.45, 7) is 4.37. The van der Waals surface area contributed by atoms with Crippen LogP contribution in [0.2, 0.25) is 0 Å². The molecule has 96 valence electrons. The number of unbranched alkanes of at least 4 members (excludes halogenated alkanes) is 2. The van der Waals surface area contributed by atoms with Gasteiger partial charge >= 0.3 is 0 Å². The monoisotopic (exact) mass is 241 g/mol. The largest absolute Gasteiger partial charge is 0.193 e. The van der Waals surface area contributed by atoms with Crippen molar-refractivity contribution >= 4 is 5.57 Å². The summed E-state index contributed by atoms with van der Waals surface area (Å²) in [5.41, 5.74) is 3.46. The van der Waals surface area contributed by atoms with Crippen molar-refractivity contribution in [1.29, 1.82) is 5.26 Å². The summed E-state index contributed by atoms with van der Waals surface area (Å²) in [5.74, 6) is 0. The highest BCUT2D eigenvalue weighted by molar-refractivity contribution is 5.71. The summed E-state index contributed by atoms with van der Waals surface area (Å²) in [4.78, 5) is 0. The number of benzene rings is 1. The lowest BCUT2D eigenvalue weighted by Crippen LogP contribution is -1.92. The van der Waals surface area contributed by atoms with Gasteiger partial charge in [0.1, 0.15) is 0 Å². The average Bonchev–Trinajstić information content (AvgIpc) is 2.43. The Morgan fingerprint density at radius 3 is 2.17 bits per heavy atom.